The summed E-state index contributed by atoms with van der Waals surface area (Å²) in [5, 5.41) is 3.30. The zero-order chi connectivity index (χ0) is 19.5. The van der Waals surface area contributed by atoms with Crippen LogP contribution in [0.15, 0.2) is 54.6 Å². The molecule has 1 aromatic heterocycles. The van der Waals surface area contributed by atoms with Crippen LogP contribution in [0.4, 0.5) is 23.1 Å². The number of hydrogen-bond donors (Lipinski definition) is 1. The molecule has 0 unspecified atom stereocenters. The number of fused-ring (bicyclic) bond motifs is 1. The molecule has 6 nitrogen and oxygen atoms in total. The van der Waals surface area contributed by atoms with Crippen molar-refractivity contribution in [2.24, 2.45) is 0 Å². The lowest BCUT2D eigenvalue weighted by Gasteiger charge is -2.29. The Morgan fingerprint density at radius 1 is 1.11 bits per heavy atom. The van der Waals surface area contributed by atoms with Gasteiger partial charge in [0.25, 0.3) is 0 Å². The molecule has 0 aliphatic carbocycles. The van der Waals surface area contributed by atoms with Gasteiger partial charge in [-0.3, -0.25) is 0 Å². The first-order valence-corrected chi connectivity index (χ1v) is 9.30. The minimum atomic E-state index is -0.351. The van der Waals surface area contributed by atoms with Crippen molar-refractivity contribution in [2.75, 3.05) is 23.9 Å². The lowest BCUT2D eigenvalue weighted by atomic mass is 10.0. The largest absolute Gasteiger partial charge is 0.465 e. The van der Waals surface area contributed by atoms with Crippen molar-refractivity contribution in [1.29, 1.82) is 0 Å². The number of nitrogens with zero attached hydrogens (tertiary/aromatic N) is 3. The van der Waals surface area contributed by atoms with Crippen LogP contribution in [0.5, 0.6) is 0 Å². The fraction of sp³-hybridized carbons (Fsp3) is 0.227. The van der Waals surface area contributed by atoms with E-state index in [1.54, 1.807) is 12.1 Å². The van der Waals surface area contributed by atoms with Gasteiger partial charge in [-0.2, -0.15) is 4.98 Å². The Morgan fingerprint density at radius 2 is 1.89 bits per heavy atom. The molecule has 142 valence electrons. The van der Waals surface area contributed by atoms with Gasteiger partial charge in [0, 0.05) is 29.7 Å². The summed E-state index contributed by atoms with van der Waals surface area (Å²) in [6.45, 7) is 2.86. The standard InChI is InChI=1S/C22H22N4O2/c1-15-14-20(24-18-11-9-17(10-12-18)21(27)28-2)25-22(23-15)26-13-5-7-16-6-3-4-8-19(16)26/h3-4,6,8-12,14H,5,7,13H2,1-2H3,(H,23,24,25). The van der Waals surface area contributed by atoms with Gasteiger partial charge in [0.1, 0.15) is 5.82 Å². The van der Waals surface area contributed by atoms with Crippen LogP contribution in [0, 0.1) is 6.92 Å². The monoisotopic (exact) mass is 374 g/mol. The highest BCUT2D eigenvalue weighted by atomic mass is 16.5. The van der Waals surface area contributed by atoms with Gasteiger partial charge in [-0.25, -0.2) is 9.78 Å². The van der Waals surface area contributed by atoms with Gasteiger partial charge in [-0.1, -0.05) is 18.2 Å². The number of methoxy groups -OCH3 is 1. The maximum Gasteiger partial charge on any atom is 0.337 e. The van der Waals surface area contributed by atoms with Gasteiger partial charge in [0.2, 0.25) is 5.95 Å². The number of rotatable bonds is 4. The zero-order valence-electron chi connectivity index (χ0n) is 16.0. The summed E-state index contributed by atoms with van der Waals surface area (Å²) in [5.74, 6) is 1.06. The molecular weight excluding hydrogens is 352 g/mol. The summed E-state index contributed by atoms with van der Waals surface area (Å²) in [6, 6.07) is 17.4. The normalized spacial score (nSPS) is 13.0. The highest BCUT2D eigenvalue weighted by Crippen LogP contribution is 2.32. The average molecular weight is 374 g/mol. The molecule has 28 heavy (non-hydrogen) atoms. The quantitative estimate of drug-likeness (QED) is 0.683. The van der Waals surface area contributed by atoms with E-state index in [2.05, 4.69) is 39.5 Å². The van der Waals surface area contributed by atoms with E-state index in [-0.39, 0.29) is 5.97 Å². The maximum absolute atomic E-state index is 11.6. The smallest absolute Gasteiger partial charge is 0.337 e. The van der Waals surface area contributed by atoms with Crippen LogP contribution in [0.1, 0.15) is 28.0 Å². The van der Waals surface area contributed by atoms with Crippen LogP contribution in [0.2, 0.25) is 0 Å². The Hall–Kier alpha value is -3.41. The summed E-state index contributed by atoms with van der Waals surface area (Å²) < 4.78 is 4.74. The van der Waals surface area contributed by atoms with Gasteiger partial charge in [0.05, 0.1) is 12.7 Å². The average Bonchev–Trinajstić information content (AvgIpc) is 2.73. The van der Waals surface area contributed by atoms with Crippen molar-refractivity contribution < 1.29 is 9.53 Å². The molecule has 0 fully saturated rings. The second-order valence-corrected chi connectivity index (χ2v) is 6.77. The van der Waals surface area contributed by atoms with Gasteiger partial charge >= 0.3 is 5.97 Å². The molecule has 3 aromatic rings. The summed E-state index contributed by atoms with van der Waals surface area (Å²) in [7, 11) is 1.37. The van der Waals surface area contributed by atoms with Crippen LogP contribution in [0.25, 0.3) is 0 Å². The third kappa shape index (κ3) is 3.67. The number of carbonyl (C=O) groups excluding carboxylic acids is 1. The van der Waals surface area contributed by atoms with E-state index in [0.717, 1.165) is 36.6 Å². The van der Waals surface area contributed by atoms with Crippen LogP contribution in [-0.4, -0.2) is 29.6 Å². The first-order chi connectivity index (χ1) is 13.6. The van der Waals surface area contributed by atoms with Crippen molar-refractivity contribution in [3.05, 3.63) is 71.4 Å². The summed E-state index contributed by atoms with van der Waals surface area (Å²) in [6.07, 6.45) is 2.15. The van der Waals surface area contributed by atoms with Gasteiger partial charge in [-0.05, 0) is 55.7 Å². The van der Waals surface area contributed by atoms with Crippen LogP contribution in [0.3, 0.4) is 0 Å². The molecule has 0 atom stereocenters. The van der Waals surface area contributed by atoms with E-state index in [1.807, 2.05) is 25.1 Å². The molecule has 1 N–H and O–H groups in total. The molecule has 4 rings (SSSR count). The number of carbonyl (C=O) groups is 1. The number of ether oxygens (including phenoxy) is 1. The van der Waals surface area contributed by atoms with Crippen molar-refractivity contribution in [3.63, 3.8) is 0 Å². The van der Waals surface area contributed by atoms with E-state index in [1.165, 1.54) is 18.4 Å². The summed E-state index contributed by atoms with van der Waals surface area (Å²) in [5.41, 5.74) is 4.74. The number of aryl methyl sites for hydroxylation is 2. The third-order valence-electron chi connectivity index (χ3n) is 4.77. The molecular formula is C22H22N4O2. The van der Waals surface area contributed by atoms with Crippen molar-refractivity contribution >= 4 is 29.1 Å². The molecule has 0 saturated heterocycles. The van der Waals surface area contributed by atoms with Gasteiger partial charge in [0.15, 0.2) is 0 Å². The second kappa shape index (κ2) is 7.68. The van der Waals surface area contributed by atoms with Crippen molar-refractivity contribution in [1.82, 2.24) is 9.97 Å². The molecule has 0 spiro atoms. The number of hydrogen-bond acceptors (Lipinski definition) is 6. The van der Waals surface area contributed by atoms with E-state index in [4.69, 9.17) is 9.72 Å². The molecule has 0 saturated carbocycles. The first-order valence-electron chi connectivity index (χ1n) is 9.30. The van der Waals surface area contributed by atoms with E-state index in [0.29, 0.717) is 11.5 Å². The predicted molar refractivity (Wildman–Crippen MR) is 110 cm³/mol. The fourth-order valence-corrected chi connectivity index (χ4v) is 3.43. The van der Waals surface area contributed by atoms with Crippen molar-refractivity contribution in [3.8, 4) is 0 Å². The summed E-state index contributed by atoms with van der Waals surface area (Å²) in [4.78, 5) is 23.2. The Bertz CT molecular complexity index is 1000. The molecule has 1 aliphatic rings. The SMILES string of the molecule is COC(=O)c1ccc(Nc2cc(C)nc(N3CCCc4ccccc43)n2)cc1. The number of anilines is 4. The molecule has 0 amide bonds. The third-order valence-corrected chi connectivity index (χ3v) is 4.77. The molecule has 0 radical (unpaired) electrons. The number of para-hydroxylation sites is 1. The molecule has 2 heterocycles. The van der Waals surface area contributed by atoms with E-state index in [9.17, 15) is 4.79 Å². The Balaban J connectivity index is 1.61. The highest BCUT2D eigenvalue weighted by Gasteiger charge is 2.20. The van der Waals surface area contributed by atoms with Gasteiger partial charge < -0.3 is 15.0 Å². The fourth-order valence-electron chi connectivity index (χ4n) is 3.43. The second-order valence-electron chi connectivity index (χ2n) is 6.77. The lowest BCUT2D eigenvalue weighted by Crippen LogP contribution is -2.26. The van der Waals surface area contributed by atoms with E-state index < -0.39 is 0 Å². The molecule has 2 aromatic carbocycles. The Kier molecular flexibility index (Phi) is 4.93. The number of aromatic nitrogens is 2. The Morgan fingerprint density at radius 3 is 2.68 bits per heavy atom. The number of esters is 1. The maximum atomic E-state index is 11.6. The minimum absolute atomic E-state index is 0.351. The summed E-state index contributed by atoms with van der Waals surface area (Å²) >= 11 is 0. The van der Waals surface area contributed by atoms with Gasteiger partial charge in [-0.15, -0.1) is 0 Å². The first kappa shape index (κ1) is 18.0. The minimum Gasteiger partial charge on any atom is -0.465 e. The topological polar surface area (TPSA) is 67.3 Å². The van der Waals surface area contributed by atoms with Crippen LogP contribution in [-0.2, 0) is 11.2 Å². The number of benzene rings is 2. The molecule has 0 bridgehead atoms. The van der Waals surface area contributed by atoms with Crippen LogP contribution >= 0.6 is 0 Å². The number of nitrogens with one attached hydrogen (secondary N) is 1. The molecule has 1 aliphatic heterocycles. The van der Waals surface area contributed by atoms with Crippen LogP contribution < -0.4 is 10.2 Å². The van der Waals surface area contributed by atoms with Crippen molar-refractivity contribution in [2.45, 2.75) is 19.8 Å². The van der Waals surface area contributed by atoms with E-state index >= 15 is 0 Å². The zero-order valence-corrected chi connectivity index (χ0v) is 16.0. The lowest BCUT2D eigenvalue weighted by molar-refractivity contribution is 0.0601. The molecule has 6 heteroatoms. The predicted octanol–water partition coefficient (Wildman–Crippen LogP) is 4.40. The highest BCUT2D eigenvalue weighted by molar-refractivity contribution is 5.89. The Labute approximate surface area is 164 Å².